The topological polar surface area (TPSA) is 49.4 Å². The van der Waals surface area contributed by atoms with Crippen molar-refractivity contribution in [3.63, 3.8) is 0 Å². The summed E-state index contributed by atoms with van der Waals surface area (Å²) in [4.78, 5) is 25.9. The van der Waals surface area contributed by atoms with E-state index in [1.807, 2.05) is 0 Å². The predicted molar refractivity (Wildman–Crippen MR) is 90.8 cm³/mol. The average molecular weight is 344 g/mol. The van der Waals surface area contributed by atoms with Gasteiger partial charge in [0.15, 0.2) is 0 Å². The highest BCUT2D eigenvalue weighted by Gasteiger charge is 2.29. The standard InChI is InChI=1S/C19H18F2N2O2/c1-23-9-8-13(10-18(23)24)19(25)22-17-7-6-15(21)11-16(17)12-2-4-14(20)5-3-12/h2-7,11,13H,8-10H2,1H3,(H,22,25). The van der Waals surface area contributed by atoms with E-state index in [2.05, 4.69) is 5.32 Å². The van der Waals surface area contributed by atoms with Crippen LogP contribution in [0.15, 0.2) is 42.5 Å². The van der Waals surface area contributed by atoms with Gasteiger partial charge in [-0.25, -0.2) is 8.78 Å². The number of carbonyl (C=O) groups is 2. The fourth-order valence-electron chi connectivity index (χ4n) is 2.90. The summed E-state index contributed by atoms with van der Waals surface area (Å²) in [6.45, 7) is 0.533. The molecule has 130 valence electrons. The summed E-state index contributed by atoms with van der Waals surface area (Å²) in [6.07, 6.45) is 0.747. The predicted octanol–water partition coefficient (Wildman–Crippen LogP) is 3.44. The minimum atomic E-state index is -0.452. The van der Waals surface area contributed by atoms with Crippen LogP contribution in [-0.4, -0.2) is 30.3 Å². The van der Waals surface area contributed by atoms with Crippen molar-refractivity contribution < 1.29 is 18.4 Å². The number of nitrogens with one attached hydrogen (secondary N) is 1. The fraction of sp³-hybridized carbons (Fsp3) is 0.263. The maximum Gasteiger partial charge on any atom is 0.228 e. The van der Waals surface area contributed by atoms with Gasteiger partial charge in [0.25, 0.3) is 0 Å². The van der Waals surface area contributed by atoms with Gasteiger partial charge in [-0.15, -0.1) is 0 Å². The van der Waals surface area contributed by atoms with E-state index >= 15 is 0 Å². The highest BCUT2D eigenvalue weighted by atomic mass is 19.1. The molecule has 1 saturated heterocycles. The van der Waals surface area contributed by atoms with Gasteiger partial charge in [0.1, 0.15) is 11.6 Å². The summed E-state index contributed by atoms with van der Waals surface area (Å²) in [5.41, 5.74) is 1.49. The Kier molecular flexibility index (Phi) is 4.79. The largest absolute Gasteiger partial charge is 0.346 e. The first-order chi connectivity index (χ1) is 11.9. The Balaban J connectivity index is 1.84. The zero-order valence-electron chi connectivity index (χ0n) is 13.8. The Morgan fingerprint density at radius 1 is 1.12 bits per heavy atom. The minimum absolute atomic E-state index is 0.0655. The van der Waals surface area contributed by atoms with Crippen molar-refractivity contribution in [2.75, 3.05) is 18.9 Å². The van der Waals surface area contributed by atoms with Crippen LogP contribution in [0.2, 0.25) is 0 Å². The molecule has 1 unspecified atom stereocenters. The van der Waals surface area contributed by atoms with Gasteiger partial charge in [-0.1, -0.05) is 12.1 Å². The molecule has 1 atom stereocenters. The van der Waals surface area contributed by atoms with Crippen LogP contribution in [-0.2, 0) is 9.59 Å². The van der Waals surface area contributed by atoms with Crippen molar-refractivity contribution in [3.8, 4) is 11.1 Å². The second-order valence-corrected chi connectivity index (χ2v) is 6.19. The van der Waals surface area contributed by atoms with E-state index in [0.29, 0.717) is 29.8 Å². The molecule has 6 heteroatoms. The maximum absolute atomic E-state index is 13.7. The molecule has 1 aliphatic heterocycles. The summed E-state index contributed by atoms with van der Waals surface area (Å²) < 4.78 is 26.8. The molecule has 1 fully saturated rings. The number of hydrogen-bond donors (Lipinski definition) is 1. The average Bonchev–Trinajstić information content (AvgIpc) is 2.59. The molecule has 0 saturated carbocycles. The molecule has 2 amide bonds. The highest BCUT2D eigenvalue weighted by molar-refractivity contribution is 5.98. The maximum atomic E-state index is 13.7. The van der Waals surface area contributed by atoms with E-state index in [1.54, 1.807) is 11.9 Å². The summed E-state index contributed by atoms with van der Waals surface area (Å²) in [7, 11) is 1.71. The van der Waals surface area contributed by atoms with E-state index in [9.17, 15) is 18.4 Å². The molecule has 1 aliphatic rings. The van der Waals surface area contributed by atoms with Crippen LogP contribution in [0.25, 0.3) is 11.1 Å². The van der Waals surface area contributed by atoms with Crippen LogP contribution in [0.4, 0.5) is 14.5 Å². The van der Waals surface area contributed by atoms with E-state index in [1.165, 1.54) is 42.5 Å². The Labute approximate surface area is 144 Å². The molecule has 1 N–H and O–H groups in total. The number of piperidine rings is 1. The summed E-state index contributed by atoms with van der Waals surface area (Å²) >= 11 is 0. The lowest BCUT2D eigenvalue weighted by Crippen LogP contribution is -2.39. The number of hydrogen-bond acceptors (Lipinski definition) is 2. The molecular weight excluding hydrogens is 326 g/mol. The molecule has 25 heavy (non-hydrogen) atoms. The number of rotatable bonds is 3. The Hall–Kier alpha value is -2.76. The number of halogens is 2. The lowest BCUT2D eigenvalue weighted by Gasteiger charge is -2.28. The first kappa shape index (κ1) is 17.1. The van der Waals surface area contributed by atoms with Crippen LogP contribution in [0.1, 0.15) is 12.8 Å². The molecular formula is C19H18F2N2O2. The smallest absolute Gasteiger partial charge is 0.228 e. The third-order valence-electron chi connectivity index (χ3n) is 4.43. The van der Waals surface area contributed by atoms with Gasteiger partial charge in [0, 0.05) is 37.2 Å². The number of carbonyl (C=O) groups excluding carboxylic acids is 2. The van der Waals surface area contributed by atoms with Gasteiger partial charge in [-0.2, -0.15) is 0 Å². The molecule has 0 radical (unpaired) electrons. The quantitative estimate of drug-likeness (QED) is 0.927. The van der Waals surface area contributed by atoms with Gasteiger partial charge in [-0.05, 0) is 42.3 Å². The van der Waals surface area contributed by atoms with Crippen molar-refractivity contribution >= 4 is 17.5 Å². The summed E-state index contributed by atoms with van der Waals surface area (Å²) in [6, 6.07) is 9.63. The number of benzene rings is 2. The summed E-state index contributed by atoms with van der Waals surface area (Å²) in [5.74, 6) is -1.59. The zero-order valence-corrected chi connectivity index (χ0v) is 13.8. The molecule has 2 aromatic rings. The molecule has 3 rings (SSSR count). The van der Waals surface area contributed by atoms with Gasteiger partial charge in [0.2, 0.25) is 11.8 Å². The summed E-state index contributed by atoms with van der Waals surface area (Å²) in [5, 5.41) is 2.79. The third kappa shape index (κ3) is 3.84. The SMILES string of the molecule is CN1CCC(C(=O)Nc2ccc(F)cc2-c2ccc(F)cc2)CC1=O. The van der Waals surface area contributed by atoms with Crippen molar-refractivity contribution in [2.45, 2.75) is 12.8 Å². The molecule has 2 aromatic carbocycles. The molecule has 0 bridgehead atoms. The number of likely N-dealkylation sites (tertiary alicyclic amines) is 1. The van der Waals surface area contributed by atoms with Crippen LogP contribution >= 0.6 is 0 Å². The monoisotopic (exact) mass is 344 g/mol. The van der Waals surface area contributed by atoms with Gasteiger partial charge in [0.05, 0.1) is 0 Å². The van der Waals surface area contributed by atoms with Crippen LogP contribution in [0.3, 0.4) is 0 Å². The minimum Gasteiger partial charge on any atom is -0.346 e. The first-order valence-electron chi connectivity index (χ1n) is 8.04. The third-order valence-corrected chi connectivity index (χ3v) is 4.43. The lowest BCUT2D eigenvalue weighted by atomic mass is 9.95. The van der Waals surface area contributed by atoms with Gasteiger partial charge < -0.3 is 10.2 Å². The normalized spacial score (nSPS) is 17.5. The van der Waals surface area contributed by atoms with Crippen molar-refractivity contribution in [1.82, 2.24) is 4.90 Å². The van der Waals surface area contributed by atoms with Gasteiger partial charge in [-0.3, -0.25) is 9.59 Å². The second kappa shape index (κ2) is 7.01. The molecule has 1 heterocycles. The first-order valence-corrected chi connectivity index (χ1v) is 8.04. The number of nitrogens with zero attached hydrogens (tertiary/aromatic N) is 1. The molecule has 0 aromatic heterocycles. The van der Waals surface area contributed by atoms with E-state index < -0.39 is 17.6 Å². The number of amides is 2. The van der Waals surface area contributed by atoms with Crippen LogP contribution in [0.5, 0.6) is 0 Å². The molecule has 0 spiro atoms. The van der Waals surface area contributed by atoms with E-state index in [-0.39, 0.29) is 18.2 Å². The Bertz CT molecular complexity index is 806. The van der Waals surface area contributed by atoms with Crippen LogP contribution in [0, 0.1) is 17.6 Å². The Morgan fingerprint density at radius 2 is 1.80 bits per heavy atom. The van der Waals surface area contributed by atoms with E-state index in [0.717, 1.165) is 0 Å². The molecule has 0 aliphatic carbocycles. The second-order valence-electron chi connectivity index (χ2n) is 6.19. The van der Waals surface area contributed by atoms with Crippen molar-refractivity contribution in [3.05, 3.63) is 54.1 Å². The lowest BCUT2D eigenvalue weighted by molar-refractivity contribution is -0.137. The zero-order chi connectivity index (χ0) is 18.0. The number of anilines is 1. The van der Waals surface area contributed by atoms with E-state index in [4.69, 9.17) is 0 Å². The van der Waals surface area contributed by atoms with Crippen molar-refractivity contribution in [2.24, 2.45) is 5.92 Å². The van der Waals surface area contributed by atoms with Crippen molar-refractivity contribution in [1.29, 1.82) is 0 Å². The highest BCUT2D eigenvalue weighted by Crippen LogP contribution is 2.30. The Morgan fingerprint density at radius 3 is 2.48 bits per heavy atom. The van der Waals surface area contributed by atoms with Gasteiger partial charge >= 0.3 is 0 Å². The van der Waals surface area contributed by atoms with Crippen LogP contribution < -0.4 is 5.32 Å². The fourth-order valence-corrected chi connectivity index (χ4v) is 2.90. The molecule has 4 nitrogen and oxygen atoms in total.